The quantitative estimate of drug-likeness (QED) is 0.442. The van der Waals surface area contributed by atoms with Crippen LogP contribution < -0.4 is 5.32 Å². The Labute approximate surface area is 221 Å². The number of guanidine groups is 1. The third-order valence-electron chi connectivity index (χ3n) is 6.88. The number of rotatable bonds is 4. The van der Waals surface area contributed by atoms with Crippen molar-refractivity contribution in [1.29, 1.82) is 0 Å². The molecule has 0 amide bonds. The Kier molecular flexibility index (Phi) is 6.52. The van der Waals surface area contributed by atoms with E-state index >= 15 is 0 Å². The highest BCUT2D eigenvalue weighted by Crippen LogP contribution is 2.35. The number of hydrogen-bond acceptors (Lipinski definition) is 8. The number of benzene rings is 1. The van der Waals surface area contributed by atoms with Crippen molar-refractivity contribution in [3.63, 3.8) is 0 Å². The fraction of sp³-hybridized carbons (Fsp3) is 0.385. The smallest absolute Gasteiger partial charge is 0.449 e. The first kappa shape index (κ1) is 24.8. The molecule has 3 aromatic rings. The van der Waals surface area contributed by atoms with Gasteiger partial charge in [-0.3, -0.25) is 4.99 Å². The summed E-state index contributed by atoms with van der Waals surface area (Å²) < 4.78 is 45.7. The van der Waals surface area contributed by atoms with Crippen LogP contribution in [0.5, 0.6) is 0 Å². The zero-order chi connectivity index (χ0) is 26.3. The lowest BCUT2D eigenvalue weighted by molar-refractivity contribution is -0.144. The molecule has 0 radical (unpaired) electrons. The van der Waals surface area contributed by atoms with Crippen LogP contribution in [0.25, 0.3) is 11.0 Å². The highest BCUT2D eigenvalue weighted by molar-refractivity contribution is 7.09. The number of fused-ring (bicyclic) bond motifs is 2. The number of nitrogens with one attached hydrogen (secondary N) is 2. The Balaban J connectivity index is 1.26. The van der Waals surface area contributed by atoms with Gasteiger partial charge in [0, 0.05) is 36.3 Å². The predicted molar refractivity (Wildman–Crippen MR) is 142 cm³/mol. The van der Waals surface area contributed by atoms with E-state index in [0.29, 0.717) is 18.2 Å². The Morgan fingerprint density at radius 1 is 1.18 bits per heavy atom. The van der Waals surface area contributed by atoms with Gasteiger partial charge in [-0.05, 0) is 44.2 Å². The molecule has 6 rings (SSSR count). The summed E-state index contributed by atoms with van der Waals surface area (Å²) in [4.78, 5) is 22.2. The van der Waals surface area contributed by atoms with Gasteiger partial charge in [-0.15, -0.1) is 11.3 Å². The second-order valence-electron chi connectivity index (χ2n) is 9.65. The Hall–Kier alpha value is -3.51. The highest BCUT2D eigenvalue weighted by Gasteiger charge is 2.35. The first-order chi connectivity index (χ1) is 18.3. The molecule has 1 saturated heterocycles. The van der Waals surface area contributed by atoms with Crippen LogP contribution >= 0.6 is 11.3 Å². The molecule has 2 aromatic heterocycles. The number of H-pyrrole nitrogens is 1. The molecule has 2 aliphatic heterocycles. The van der Waals surface area contributed by atoms with Gasteiger partial charge in [-0.2, -0.15) is 13.2 Å². The predicted octanol–water partition coefficient (Wildman–Crippen LogP) is 5.23. The van der Waals surface area contributed by atoms with Crippen molar-refractivity contribution in [2.75, 3.05) is 32.0 Å². The van der Waals surface area contributed by atoms with Crippen molar-refractivity contribution >= 4 is 39.7 Å². The topological polar surface area (TPSA) is 90.8 Å². The number of aliphatic imine (C=N–C) groups is 2. The first-order valence-electron chi connectivity index (χ1n) is 12.4. The third-order valence-corrected chi connectivity index (χ3v) is 7.74. The van der Waals surface area contributed by atoms with Crippen LogP contribution in [0.2, 0.25) is 0 Å². The minimum absolute atomic E-state index is 0.00830. The van der Waals surface area contributed by atoms with E-state index < -0.39 is 12.0 Å². The summed E-state index contributed by atoms with van der Waals surface area (Å²) in [5.41, 5.74) is 1.90. The van der Waals surface area contributed by atoms with Crippen LogP contribution in [0.15, 0.2) is 63.7 Å². The molecule has 0 spiro atoms. The fourth-order valence-electron chi connectivity index (χ4n) is 4.81. The average Bonchev–Trinajstić information content (AvgIpc) is 3.53. The van der Waals surface area contributed by atoms with E-state index in [2.05, 4.69) is 49.4 Å². The average molecular weight is 542 g/mol. The Bertz CT molecular complexity index is 1430. The number of halogens is 3. The number of likely N-dealkylation sites (tertiary alicyclic amines) is 1. The molecular weight excluding hydrogens is 515 g/mol. The largest absolute Gasteiger partial charge is 0.494 e. The lowest BCUT2D eigenvalue weighted by Crippen LogP contribution is -2.34. The van der Waals surface area contributed by atoms with Crippen molar-refractivity contribution in [2.45, 2.75) is 31.0 Å². The number of ether oxygens (including phenoxy) is 1. The molecular formula is C26H26F3N7OS. The summed E-state index contributed by atoms with van der Waals surface area (Å²) in [6, 6.07) is 4.76. The molecule has 1 aliphatic carbocycles. The normalized spacial score (nSPS) is 22.9. The van der Waals surface area contributed by atoms with Gasteiger partial charge in [-0.1, -0.05) is 12.2 Å². The second-order valence-corrected chi connectivity index (χ2v) is 10.6. The van der Waals surface area contributed by atoms with E-state index in [0.717, 1.165) is 42.4 Å². The van der Waals surface area contributed by atoms with Crippen LogP contribution in [0.4, 0.5) is 18.9 Å². The summed E-state index contributed by atoms with van der Waals surface area (Å²) in [5.74, 6) is 0.0926. The van der Waals surface area contributed by atoms with Gasteiger partial charge >= 0.3 is 6.18 Å². The van der Waals surface area contributed by atoms with Crippen LogP contribution in [-0.4, -0.2) is 64.3 Å². The SMILES string of the molecule is CN1CCC(OC2=CC3=NC(Nc4ccc5nc(C(F)(F)F)[nH]c5c4)=NCC3C=CC2c2nccs2)CC1. The number of thiazole rings is 1. The zero-order valence-corrected chi connectivity index (χ0v) is 21.4. The molecule has 8 nitrogen and oxygen atoms in total. The van der Waals surface area contributed by atoms with Crippen LogP contribution in [0, 0.1) is 5.92 Å². The Morgan fingerprint density at radius 3 is 2.79 bits per heavy atom. The van der Waals surface area contributed by atoms with Gasteiger partial charge < -0.3 is 19.9 Å². The number of aromatic amines is 1. The van der Waals surface area contributed by atoms with Gasteiger partial charge in [0.25, 0.3) is 0 Å². The first-order valence-corrected chi connectivity index (χ1v) is 13.3. The maximum atomic E-state index is 13.0. The van der Waals surface area contributed by atoms with Crippen molar-refractivity contribution < 1.29 is 17.9 Å². The number of hydrogen-bond donors (Lipinski definition) is 2. The molecule has 2 N–H and O–H groups in total. The molecule has 0 saturated carbocycles. The number of anilines is 1. The van der Waals surface area contributed by atoms with E-state index in [1.54, 1.807) is 29.7 Å². The van der Waals surface area contributed by atoms with Gasteiger partial charge in [0.15, 0.2) is 0 Å². The molecule has 38 heavy (non-hydrogen) atoms. The Morgan fingerprint density at radius 2 is 2.03 bits per heavy atom. The molecule has 1 aromatic carbocycles. The van der Waals surface area contributed by atoms with E-state index in [1.165, 1.54) is 6.07 Å². The summed E-state index contributed by atoms with van der Waals surface area (Å²) in [5, 5.41) is 6.06. The van der Waals surface area contributed by atoms with Crippen molar-refractivity contribution in [3.05, 3.63) is 64.6 Å². The fourth-order valence-corrected chi connectivity index (χ4v) is 5.53. The number of nitrogens with zero attached hydrogens (tertiary/aromatic N) is 5. The summed E-state index contributed by atoms with van der Waals surface area (Å²) in [6.07, 6.45) is 5.56. The van der Waals surface area contributed by atoms with Crippen molar-refractivity contribution in [2.24, 2.45) is 15.9 Å². The number of piperidine rings is 1. The summed E-state index contributed by atoms with van der Waals surface area (Å²) >= 11 is 1.59. The highest BCUT2D eigenvalue weighted by atomic mass is 32.1. The summed E-state index contributed by atoms with van der Waals surface area (Å²) in [6.45, 7) is 2.47. The minimum atomic E-state index is -4.54. The monoisotopic (exact) mass is 541 g/mol. The molecule has 198 valence electrons. The molecule has 2 unspecified atom stereocenters. The van der Waals surface area contributed by atoms with E-state index in [4.69, 9.17) is 9.73 Å². The minimum Gasteiger partial charge on any atom is -0.494 e. The van der Waals surface area contributed by atoms with Crippen molar-refractivity contribution in [1.82, 2.24) is 19.9 Å². The molecule has 2 atom stereocenters. The van der Waals surface area contributed by atoms with Gasteiger partial charge in [0.05, 0.1) is 29.2 Å². The maximum absolute atomic E-state index is 13.0. The number of alkyl halides is 3. The van der Waals surface area contributed by atoms with Gasteiger partial charge in [0.1, 0.15) is 16.9 Å². The molecule has 3 aliphatic rings. The van der Waals surface area contributed by atoms with Crippen LogP contribution in [0.1, 0.15) is 29.6 Å². The second kappa shape index (κ2) is 9.99. The van der Waals surface area contributed by atoms with Crippen LogP contribution in [0.3, 0.4) is 0 Å². The maximum Gasteiger partial charge on any atom is 0.449 e. The number of aromatic nitrogens is 3. The molecule has 4 heterocycles. The molecule has 12 heteroatoms. The molecule has 1 fully saturated rings. The standard InChI is InChI=1S/C26H26F3N7OS/c1-36-9-6-17(7-10-36)37-22-13-20-15(2-4-18(22)23-30-8-11-38-23)14-31-25(35-20)32-16-3-5-19-21(12-16)34-24(33-19)26(27,28)29/h2-5,8,11-13,15,17-18H,6-7,9-10,14H2,1H3,(H,31,32)(H,33,34). The van der Waals surface area contributed by atoms with E-state index in [9.17, 15) is 13.2 Å². The zero-order valence-electron chi connectivity index (χ0n) is 20.6. The number of imidazole rings is 1. The number of allylic oxidation sites excluding steroid dienone is 2. The lowest BCUT2D eigenvalue weighted by atomic mass is 10.0. The van der Waals surface area contributed by atoms with E-state index in [1.807, 2.05) is 11.5 Å². The molecule has 0 bridgehead atoms. The van der Waals surface area contributed by atoms with E-state index in [-0.39, 0.29) is 29.0 Å². The summed E-state index contributed by atoms with van der Waals surface area (Å²) in [7, 11) is 2.12. The van der Waals surface area contributed by atoms with Crippen molar-refractivity contribution in [3.8, 4) is 0 Å². The van der Waals surface area contributed by atoms with Crippen LogP contribution in [-0.2, 0) is 10.9 Å². The third kappa shape index (κ3) is 5.23. The van der Waals surface area contributed by atoms with Gasteiger partial charge in [0.2, 0.25) is 11.8 Å². The van der Waals surface area contributed by atoms with Gasteiger partial charge in [-0.25, -0.2) is 15.0 Å². The lowest BCUT2D eigenvalue weighted by Gasteiger charge is -2.31.